The third-order valence-electron chi connectivity index (χ3n) is 1.80. The van der Waals surface area contributed by atoms with E-state index in [0.29, 0.717) is 11.3 Å². The average Bonchev–Trinajstić information content (AvgIpc) is 2.18. The van der Waals surface area contributed by atoms with E-state index in [1.807, 2.05) is 0 Å². The predicted octanol–water partition coefficient (Wildman–Crippen LogP) is 0.403. The van der Waals surface area contributed by atoms with Crippen molar-refractivity contribution >= 4 is 17.3 Å². The van der Waals surface area contributed by atoms with Gasteiger partial charge >= 0.3 is 0 Å². The number of para-hydroxylation sites is 1. The summed E-state index contributed by atoms with van der Waals surface area (Å²) in [5.41, 5.74) is 6.22. The number of nitrogens with two attached hydrogens (primary N) is 1. The molecule has 0 aromatic heterocycles. The molecule has 0 fully saturated rings. The van der Waals surface area contributed by atoms with Crippen molar-refractivity contribution in [3.05, 3.63) is 29.8 Å². The van der Waals surface area contributed by atoms with Crippen molar-refractivity contribution in [1.82, 2.24) is 0 Å². The van der Waals surface area contributed by atoms with Gasteiger partial charge in [0.05, 0.1) is 6.42 Å². The van der Waals surface area contributed by atoms with Crippen LogP contribution in [0.2, 0.25) is 0 Å². The molecule has 0 aliphatic heterocycles. The minimum absolute atomic E-state index is 0.301. The summed E-state index contributed by atoms with van der Waals surface area (Å²) in [6.07, 6.45) is -0.301. The Labute approximate surface area is 81.3 Å². The molecule has 3 N–H and O–H groups in total. The van der Waals surface area contributed by atoms with E-state index in [4.69, 9.17) is 10.8 Å². The van der Waals surface area contributed by atoms with Crippen LogP contribution < -0.4 is 5.73 Å². The van der Waals surface area contributed by atoms with Gasteiger partial charge in [-0.25, -0.2) is 0 Å². The average molecular weight is 193 g/mol. The second kappa shape index (κ2) is 4.53. The maximum Gasteiger partial charge on any atom is 0.172 e. The Balaban J connectivity index is 2.80. The number of carbonyl (C=O) groups excluding carboxylic acids is 2. The zero-order chi connectivity index (χ0) is 10.6. The molecular weight excluding hydrogens is 182 g/mol. The Kier molecular flexibility index (Phi) is 3.36. The van der Waals surface area contributed by atoms with Crippen molar-refractivity contribution < 1.29 is 14.7 Å². The van der Waals surface area contributed by atoms with Crippen molar-refractivity contribution in [3.8, 4) is 0 Å². The van der Waals surface area contributed by atoms with E-state index in [9.17, 15) is 9.59 Å². The standard InChI is InChI=1S/C10H11NO3/c11-9-4-2-1-3-8(9)10(14)5-7(13)6-12/h1-4,12H,5-6,11H2. The molecule has 4 nitrogen and oxygen atoms in total. The second-order valence-electron chi connectivity index (χ2n) is 2.88. The highest BCUT2D eigenvalue weighted by Gasteiger charge is 2.12. The Hall–Kier alpha value is -1.68. The first-order chi connectivity index (χ1) is 6.65. The Morgan fingerprint density at radius 2 is 1.93 bits per heavy atom. The monoisotopic (exact) mass is 193 g/mol. The van der Waals surface area contributed by atoms with Crippen molar-refractivity contribution in [1.29, 1.82) is 0 Å². The molecule has 1 aromatic carbocycles. The summed E-state index contributed by atoms with van der Waals surface area (Å²) in [6.45, 7) is -0.613. The summed E-state index contributed by atoms with van der Waals surface area (Å²) < 4.78 is 0. The smallest absolute Gasteiger partial charge is 0.172 e. The van der Waals surface area contributed by atoms with Gasteiger partial charge in [-0.15, -0.1) is 0 Å². The van der Waals surface area contributed by atoms with Crippen LogP contribution in [0.4, 0.5) is 5.69 Å². The summed E-state index contributed by atoms with van der Waals surface area (Å²) in [7, 11) is 0. The summed E-state index contributed by atoms with van der Waals surface area (Å²) >= 11 is 0. The topological polar surface area (TPSA) is 80.4 Å². The van der Waals surface area contributed by atoms with Crippen LogP contribution in [0, 0.1) is 0 Å². The van der Waals surface area contributed by atoms with Gasteiger partial charge in [-0.2, -0.15) is 0 Å². The van der Waals surface area contributed by atoms with Gasteiger partial charge in [0.25, 0.3) is 0 Å². The number of nitrogen functional groups attached to an aromatic ring is 1. The van der Waals surface area contributed by atoms with Crippen molar-refractivity contribution in [2.24, 2.45) is 0 Å². The number of carbonyl (C=O) groups is 2. The largest absolute Gasteiger partial charge is 0.398 e. The van der Waals surface area contributed by atoms with Crippen LogP contribution in [-0.2, 0) is 4.79 Å². The number of rotatable bonds is 4. The van der Waals surface area contributed by atoms with Crippen molar-refractivity contribution in [3.63, 3.8) is 0 Å². The Bertz CT molecular complexity index is 360. The first kappa shape index (κ1) is 10.4. The van der Waals surface area contributed by atoms with Gasteiger partial charge in [0.1, 0.15) is 6.61 Å². The lowest BCUT2D eigenvalue weighted by molar-refractivity contribution is -0.120. The number of aliphatic hydroxyl groups is 1. The molecular formula is C10H11NO3. The molecule has 0 saturated heterocycles. The highest BCUT2D eigenvalue weighted by molar-refractivity contribution is 6.10. The zero-order valence-corrected chi connectivity index (χ0v) is 7.56. The van der Waals surface area contributed by atoms with E-state index in [0.717, 1.165) is 0 Å². The first-order valence-electron chi connectivity index (χ1n) is 4.15. The molecule has 0 heterocycles. The zero-order valence-electron chi connectivity index (χ0n) is 7.56. The van der Waals surface area contributed by atoms with E-state index in [1.54, 1.807) is 24.3 Å². The van der Waals surface area contributed by atoms with Crippen LogP contribution in [-0.4, -0.2) is 23.3 Å². The van der Waals surface area contributed by atoms with Gasteiger partial charge < -0.3 is 10.8 Å². The third kappa shape index (κ3) is 2.40. The van der Waals surface area contributed by atoms with E-state index in [-0.39, 0.29) is 12.2 Å². The van der Waals surface area contributed by atoms with Crippen LogP contribution in [0.1, 0.15) is 16.8 Å². The molecule has 0 saturated carbocycles. The lowest BCUT2D eigenvalue weighted by Crippen LogP contribution is -2.12. The molecule has 0 amide bonds. The molecule has 0 bridgehead atoms. The fourth-order valence-electron chi connectivity index (χ4n) is 1.08. The lowest BCUT2D eigenvalue weighted by Gasteiger charge is -2.02. The maximum atomic E-state index is 11.4. The first-order valence-corrected chi connectivity index (χ1v) is 4.15. The Morgan fingerprint density at radius 3 is 2.50 bits per heavy atom. The van der Waals surface area contributed by atoms with E-state index < -0.39 is 12.4 Å². The number of hydrogen-bond donors (Lipinski definition) is 2. The van der Waals surface area contributed by atoms with Gasteiger partial charge in [-0.3, -0.25) is 9.59 Å². The predicted molar refractivity (Wildman–Crippen MR) is 51.9 cm³/mol. The highest BCUT2D eigenvalue weighted by Crippen LogP contribution is 2.12. The number of ketones is 2. The SMILES string of the molecule is Nc1ccccc1C(=O)CC(=O)CO. The van der Waals surface area contributed by atoms with Crippen molar-refractivity contribution in [2.75, 3.05) is 12.3 Å². The van der Waals surface area contributed by atoms with Crippen LogP contribution in [0.5, 0.6) is 0 Å². The van der Waals surface area contributed by atoms with Gasteiger partial charge in [0.2, 0.25) is 0 Å². The van der Waals surface area contributed by atoms with Crippen LogP contribution in [0.25, 0.3) is 0 Å². The molecule has 0 aliphatic rings. The maximum absolute atomic E-state index is 11.4. The van der Waals surface area contributed by atoms with E-state index in [2.05, 4.69) is 0 Å². The molecule has 1 rings (SSSR count). The van der Waals surface area contributed by atoms with Crippen LogP contribution >= 0.6 is 0 Å². The Morgan fingerprint density at radius 1 is 1.29 bits per heavy atom. The fraction of sp³-hybridized carbons (Fsp3) is 0.200. The molecule has 0 unspecified atom stereocenters. The molecule has 14 heavy (non-hydrogen) atoms. The molecule has 1 aromatic rings. The quantitative estimate of drug-likeness (QED) is 0.412. The fourth-order valence-corrected chi connectivity index (χ4v) is 1.08. The third-order valence-corrected chi connectivity index (χ3v) is 1.80. The molecule has 0 aliphatic carbocycles. The molecule has 4 heteroatoms. The molecule has 0 atom stereocenters. The normalized spacial score (nSPS) is 9.79. The van der Waals surface area contributed by atoms with Gasteiger partial charge in [0, 0.05) is 11.3 Å². The molecule has 0 radical (unpaired) electrons. The van der Waals surface area contributed by atoms with Crippen LogP contribution in [0.3, 0.4) is 0 Å². The number of Topliss-reactive ketones (excluding diaryl/α,β-unsaturated/α-hetero) is 2. The van der Waals surface area contributed by atoms with E-state index >= 15 is 0 Å². The van der Waals surface area contributed by atoms with Gasteiger partial charge in [0.15, 0.2) is 11.6 Å². The van der Waals surface area contributed by atoms with Crippen LogP contribution in [0.15, 0.2) is 24.3 Å². The molecule has 0 spiro atoms. The van der Waals surface area contributed by atoms with Gasteiger partial charge in [-0.1, -0.05) is 12.1 Å². The summed E-state index contributed by atoms with van der Waals surface area (Å²) in [4.78, 5) is 22.2. The summed E-state index contributed by atoms with van der Waals surface area (Å²) in [5, 5.41) is 8.47. The van der Waals surface area contributed by atoms with E-state index in [1.165, 1.54) is 0 Å². The number of aliphatic hydroxyl groups excluding tert-OH is 1. The van der Waals surface area contributed by atoms with Crippen molar-refractivity contribution in [2.45, 2.75) is 6.42 Å². The summed E-state index contributed by atoms with van der Waals surface area (Å²) in [6, 6.07) is 6.53. The second-order valence-corrected chi connectivity index (χ2v) is 2.88. The lowest BCUT2D eigenvalue weighted by atomic mass is 10.0. The van der Waals surface area contributed by atoms with Gasteiger partial charge in [-0.05, 0) is 12.1 Å². The minimum atomic E-state index is -0.613. The number of anilines is 1. The highest BCUT2D eigenvalue weighted by atomic mass is 16.3. The number of benzene rings is 1. The number of hydrogen-bond acceptors (Lipinski definition) is 4. The minimum Gasteiger partial charge on any atom is -0.398 e. The molecule has 74 valence electrons. The summed E-state index contributed by atoms with van der Waals surface area (Å²) in [5.74, 6) is -0.861.